The Morgan fingerprint density at radius 2 is 1.22 bits per heavy atom. The molecule has 1 aliphatic carbocycles. The minimum absolute atomic E-state index is 0.107. The molecule has 2 nitrogen and oxygen atoms in total. The molecule has 0 heterocycles. The summed E-state index contributed by atoms with van der Waals surface area (Å²) in [6.07, 6.45) is 4.64. The third-order valence-electron chi connectivity index (χ3n) is 5.90. The first-order chi connectivity index (χ1) is 11.1. The highest BCUT2D eigenvalue weighted by Crippen LogP contribution is 2.47. The quantitative estimate of drug-likeness (QED) is 0.913. The standard InChI is InChI=1S/C21H28N2/c1-22-20(18-10-6-4-7-11-18)14-16-21(17-15-20,23(2)3)19-12-8-5-9-13-19/h4-13,22H,14-17H2,1-3H3. The molecule has 1 N–H and O–H groups in total. The molecule has 23 heavy (non-hydrogen) atoms. The van der Waals surface area contributed by atoms with Gasteiger partial charge in [-0.05, 0) is 58.0 Å². The van der Waals surface area contributed by atoms with E-state index in [4.69, 9.17) is 0 Å². The summed E-state index contributed by atoms with van der Waals surface area (Å²) in [7, 11) is 6.56. The van der Waals surface area contributed by atoms with Crippen molar-refractivity contribution in [1.29, 1.82) is 0 Å². The minimum Gasteiger partial charge on any atom is -0.310 e. The van der Waals surface area contributed by atoms with Crippen LogP contribution in [-0.4, -0.2) is 26.0 Å². The molecule has 0 amide bonds. The maximum atomic E-state index is 3.64. The van der Waals surface area contributed by atoms with Crippen LogP contribution in [0.4, 0.5) is 0 Å². The van der Waals surface area contributed by atoms with Crippen molar-refractivity contribution in [2.45, 2.75) is 36.8 Å². The van der Waals surface area contributed by atoms with Crippen molar-refractivity contribution >= 4 is 0 Å². The summed E-state index contributed by atoms with van der Waals surface area (Å²) in [6, 6.07) is 21.9. The van der Waals surface area contributed by atoms with Crippen LogP contribution in [-0.2, 0) is 11.1 Å². The smallest absolute Gasteiger partial charge is 0.0456 e. The van der Waals surface area contributed by atoms with Gasteiger partial charge < -0.3 is 5.32 Å². The van der Waals surface area contributed by atoms with Gasteiger partial charge in [0, 0.05) is 11.1 Å². The SMILES string of the molecule is CNC1(c2ccccc2)CCC(c2ccccc2)(N(C)C)CC1. The van der Waals surface area contributed by atoms with E-state index < -0.39 is 0 Å². The molecule has 0 atom stereocenters. The van der Waals surface area contributed by atoms with Crippen LogP contribution in [0.5, 0.6) is 0 Å². The fraction of sp³-hybridized carbons (Fsp3) is 0.429. The van der Waals surface area contributed by atoms with Gasteiger partial charge in [0.25, 0.3) is 0 Å². The minimum atomic E-state index is 0.107. The Bertz CT molecular complexity index is 611. The molecule has 2 aromatic carbocycles. The zero-order valence-corrected chi connectivity index (χ0v) is 14.5. The number of nitrogens with zero attached hydrogens (tertiary/aromatic N) is 1. The Balaban J connectivity index is 1.91. The summed E-state index contributed by atoms with van der Waals surface area (Å²) >= 11 is 0. The van der Waals surface area contributed by atoms with Crippen LogP contribution < -0.4 is 5.32 Å². The maximum Gasteiger partial charge on any atom is 0.0456 e. The first kappa shape index (κ1) is 16.2. The summed E-state index contributed by atoms with van der Waals surface area (Å²) in [5, 5.41) is 3.64. The zero-order chi connectivity index (χ0) is 16.3. The van der Waals surface area contributed by atoms with Crippen molar-refractivity contribution in [1.82, 2.24) is 10.2 Å². The second-order valence-electron chi connectivity index (χ2n) is 6.99. The molecule has 0 aromatic heterocycles. The molecule has 2 heteroatoms. The van der Waals surface area contributed by atoms with Gasteiger partial charge in [0.15, 0.2) is 0 Å². The van der Waals surface area contributed by atoms with E-state index in [1.807, 2.05) is 0 Å². The molecular weight excluding hydrogens is 280 g/mol. The Morgan fingerprint density at radius 3 is 1.65 bits per heavy atom. The molecule has 122 valence electrons. The highest BCUT2D eigenvalue weighted by Gasteiger charge is 2.44. The lowest BCUT2D eigenvalue weighted by molar-refractivity contribution is 0.0559. The van der Waals surface area contributed by atoms with Gasteiger partial charge in [-0.2, -0.15) is 0 Å². The number of hydrogen-bond donors (Lipinski definition) is 1. The molecule has 0 unspecified atom stereocenters. The number of hydrogen-bond acceptors (Lipinski definition) is 2. The van der Waals surface area contributed by atoms with Crippen molar-refractivity contribution in [3.63, 3.8) is 0 Å². The van der Waals surface area contributed by atoms with Crippen molar-refractivity contribution in [2.75, 3.05) is 21.1 Å². The van der Waals surface area contributed by atoms with Crippen LogP contribution in [0.3, 0.4) is 0 Å². The molecule has 2 aromatic rings. The first-order valence-corrected chi connectivity index (χ1v) is 8.60. The molecule has 0 saturated heterocycles. The Morgan fingerprint density at radius 1 is 0.739 bits per heavy atom. The second-order valence-corrected chi connectivity index (χ2v) is 6.99. The lowest BCUT2D eigenvalue weighted by atomic mass is 9.66. The average Bonchev–Trinajstić information content (AvgIpc) is 2.63. The van der Waals surface area contributed by atoms with Crippen molar-refractivity contribution in [2.24, 2.45) is 0 Å². The summed E-state index contributed by atoms with van der Waals surface area (Å²) in [6.45, 7) is 0. The molecule has 0 bridgehead atoms. The molecule has 1 saturated carbocycles. The number of nitrogens with one attached hydrogen (secondary N) is 1. The van der Waals surface area contributed by atoms with Crippen LogP contribution >= 0.6 is 0 Å². The Labute approximate surface area is 140 Å². The maximum absolute atomic E-state index is 3.64. The van der Waals surface area contributed by atoms with Crippen molar-refractivity contribution < 1.29 is 0 Å². The summed E-state index contributed by atoms with van der Waals surface area (Å²) in [4.78, 5) is 2.42. The van der Waals surface area contributed by atoms with Crippen molar-refractivity contribution in [3.05, 3.63) is 71.8 Å². The van der Waals surface area contributed by atoms with Gasteiger partial charge >= 0.3 is 0 Å². The van der Waals surface area contributed by atoms with Gasteiger partial charge in [0.2, 0.25) is 0 Å². The van der Waals surface area contributed by atoms with E-state index in [0.29, 0.717) is 0 Å². The van der Waals surface area contributed by atoms with Gasteiger partial charge in [0.1, 0.15) is 0 Å². The molecule has 0 radical (unpaired) electrons. The van der Waals surface area contributed by atoms with Crippen LogP contribution in [0.2, 0.25) is 0 Å². The van der Waals surface area contributed by atoms with Gasteiger partial charge in [-0.3, -0.25) is 4.90 Å². The predicted molar refractivity (Wildman–Crippen MR) is 97.5 cm³/mol. The largest absolute Gasteiger partial charge is 0.310 e. The third kappa shape index (κ3) is 2.82. The lowest BCUT2D eigenvalue weighted by Crippen LogP contribution is -2.52. The van der Waals surface area contributed by atoms with E-state index in [9.17, 15) is 0 Å². The lowest BCUT2D eigenvalue weighted by Gasteiger charge is -2.50. The Kier molecular flexibility index (Phi) is 4.56. The average molecular weight is 308 g/mol. The monoisotopic (exact) mass is 308 g/mol. The van der Waals surface area contributed by atoms with Crippen LogP contribution in [0.15, 0.2) is 60.7 Å². The highest BCUT2D eigenvalue weighted by molar-refractivity contribution is 5.30. The zero-order valence-electron chi connectivity index (χ0n) is 14.5. The van der Waals surface area contributed by atoms with Gasteiger partial charge in [-0.25, -0.2) is 0 Å². The number of benzene rings is 2. The van der Waals surface area contributed by atoms with Crippen molar-refractivity contribution in [3.8, 4) is 0 Å². The molecule has 1 aliphatic rings. The van der Waals surface area contributed by atoms with Crippen LogP contribution in [0.1, 0.15) is 36.8 Å². The van der Waals surface area contributed by atoms with Gasteiger partial charge in [-0.1, -0.05) is 60.7 Å². The van der Waals surface area contributed by atoms with E-state index in [-0.39, 0.29) is 11.1 Å². The van der Waals surface area contributed by atoms with E-state index >= 15 is 0 Å². The first-order valence-electron chi connectivity index (χ1n) is 8.60. The second kappa shape index (κ2) is 6.46. The van der Waals surface area contributed by atoms with E-state index in [1.54, 1.807) is 0 Å². The van der Waals surface area contributed by atoms with Crippen LogP contribution in [0.25, 0.3) is 0 Å². The van der Waals surface area contributed by atoms with Crippen LogP contribution in [0, 0.1) is 0 Å². The molecule has 0 spiro atoms. The summed E-state index contributed by atoms with van der Waals surface area (Å²) in [5.41, 5.74) is 3.12. The summed E-state index contributed by atoms with van der Waals surface area (Å²) < 4.78 is 0. The number of rotatable bonds is 4. The molecule has 0 aliphatic heterocycles. The molecule has 1 fully saturated rings. The van der Waals surface area contributed by atoms with Gasteiger partial charge in [-0.15, -0.1) is 0 Å². The third-order valence-corrected chi connectivity index (χ3v) is 5.90. The van der Waals surface area contributed by atoms with E-state index in [2.05, 4.69) is 92.0 Å². The Hall–Kier alpha value is -1.64. The van der Waals surface area contributed by atoms with E-state index in [0.717, 1.165) is 12.8 Å². The predicted octanol–water partition coefficient (Wildman–Crippen LogP) is 4.13. The highest BCUT2D eigenvalue weighted by atomic mass is 15.2. The fourth-order valence-corrected chi connectivity index (χ4v) is 4.27. The normalized spacial score (nSPS) is 28.0. The topological polar surface area (TPSA) is 15.3 Å². The molecule has 3 rings (SSSR count). The fourth-order valence-electron chi connectivity index (χ4n) is 4.27. The summed E-state index contributed by atoms with van der Waals surface area (Å²) in [5.74, 6) is 0. The van der Waals surface area contributed by atoms with Gasteiger partial charge in [0.05, 0.1) is 0 Å². The molecular formula is C21H28N2. The van der Waals surface area contributed by atoms with E-state index in [1.165, 1.54) is 24.0 Å².